The van der Waals surface area contributed by atoms with Crippen molar-refractivity contribution in [1.29, 1.82) is 5.26 Å². The number of ether oxygens (including phenoxy) is 1. The van der Waals surface area contributed by atoms with Crippen LogP contribution in [-0.2, 0) is 7.05 Å². The molecule has 0 amide bonds. The molecule has 0 aliphatic heterocycles. The fraction of sp³-hybridized carbons (Fsp3) is 0.154. The van der Waals surface area contributed by atoms with Crippen LogP contribution in [0.15, 0.2) is 18.2 Å². The van der Waals surface area contributed by atoms with Crippen molar-refractivity contribution >= 4 is 6.29 Å². The number of rotatable bonds is 3. The van der Waals surface area contributed by atoms with Gasteiger partial charge in [-0.05, 0) is 19.1 Å². The highest BCUT2D eigenvalue weighted by Gasteiger charge is 2.15. The molecule has 2 rings (SSSR count). The highest BCUT2D eigenvalue weighted by molar-refractivity contribution is 5.80. The molecule has 6 heteroatoms. The summed E-state index contributed by atoms with van der Waals surface area (Å²) >= 11 is 0. The zero-order chi connectivity index (χ0) is 14.0. The number of aryl methyl sites for hydroxylation is 2. The molecule has 0 bridgehead atoms. The van der Waals surface area contributed by atoms with Crippen molar-refractivity contribution in [2.45, 2.75) is 6.92 Å². The molecular weight excluding hydrogens is 249 g/mol. The molecule has 0 saturated heterocycles. The first kappa shape index (κ1) is 12.8. The first-order valence-corrected chi connectivity index (χ1v) is 5.43. The average Bonchev–Trinajstić information content (AvgIpc) is 2.64. The summed E-state index contributed by atoms with van der Waals surface area (Å²) in [5.74, 6) is -0.245. The Morgan fingerprint density at radius 2 is 2.26 bits per heavy atom. The van der Waals surface area contributed by atoms with Crippen LogP contribution in [0.2, 0.25) is 0 Å². The topological polar surface area (TPSA) is 67.9 Å². The summed E-state index contributed by atoms with van der Waals surface area (Å²) in [6, 6.07) is 5.58. The number of benzene rings is 1. The first-order valence-electron chi connectivity index (χ1n) is 5.43. The zero-order valence-electron chi connectivity index (χ0n) is 10.3. The molecule has 0 aliphatic rings. The molecule has 0 fully saturated rings. The van der Waals surface area contributed by atoms with Gasteiger partial charge in [0.05, 0.1) is 16.8 Å². The molecule has 0 unspecified atom stereocenters. The molecule has 1 heterocycles. The van der Waals surface area contributed by atoms with Gasteiger partial charge < -0.3 is 4.74 Å². The number of aromatic nitrogens is 2. The van der Waals surface area contributed by atoms with Gasteiger partial charge in [0, 0.05) is 13.1 Å². The van der Waals surface area contributed by atoms with Gasteiger partial charge in [0.25, 0.3) is 0 Å². The van der Waals surface area contributed by atoms with Crippen molar-refractivity contribution in [3.8, 4) is 17.7 Å². The van der Waals surface area contributed by atoms with E-state index in [0.717, 1.165) is 6.07 Å². The van der Waals surface area contributed by atoms with E-state index < -0.39 is 5.82 Å². The minimum absolute atomic E-state index is 0.0656. The second-order valence-corrected chi connectivity index (χ2v) is 3.90. The maximum Gasteiger partial charge on any atom is 0.228 e. The summed E-state index contributed by atoms with van der Waals surface area (Å²) < 4.78 is 20.3. The van der Waals surface area contributed by atoms with Crippen molar-refractivity contribution in [2.24, 2.45) is 7.05 Å². The molecule has 0 saturated carbocycles. The Morgan fingerprint density at radius 1 is 1.53 bits per heavy atom. The lowest BCUT2D eigenvalue weighted by atomic mass is 10.2. The number of halogens is 1. The SMILES string of the molecule is Cc1nn(C)c(Oc2ccc(C#N)c(F)c2)c1C=O. The molecule has 0 N–H and O–H groups in total. The molecule has 1 aromatic carbocycles. The lowest BCUT2D eigenvalue weighted by Gasteiger charge is -2.06. The number of hydrogen-bond acceptors (Lipinski definition) is 4. The third kappa shape index (κ3) is 2.31. The smallest absolute Gasteiger partial charge is 0.228 e. The van der Waals surface area contributed by atoms with E-state index in [1.54, 1.807) is 20.0 Å². The van der Waals surface area contributed by atoms with Crippen LogP contribution < -0.4 is 4.74 Å². The summed E-state index contributed by atoms with van der Waals surface area (Å²) in [7, 11) is 1.62. The Labute approximate surface area is 108 Å². The van der Waals surface area contributed by atoms with Crippen LogP contribution in [0.4, 0.5) is 4.39 Å². The number of hydrogen-bond donors (Lipinski definition) is 0. The Bertz CT molecular complexity index is 686. The molecule has 2 aromatic rings. The minimum Gasteiger partial charge on any atom is -0.438 e. The van der Waals surface area contributed by atoms with Crippen LogP contribution >= 0.6 is 0 Å². The van der Waals surface area contributed by atoms with Gasteiger partial charge in [-0.3, -0.25) is 4.79 Å². The Kier molecular flexibility index (Phi) is 3.29. The van der Waals surface area contributed by atoms with Crippen LogP contribution in [0.25, 0.3) is 0 Å². The van der Waals surface area contributed by atoms with Gasteiger partial charge in [-0.25, -0.2) is 9.07 Å². The standard InChI is InChI=1S/C13H10FN3O2/c1-8-11(7-18)13(17(2)16-8)19-10-4-3-9(6-15)12(14)5-10/h3-5,7H,1-2H3. The number of carbonyl (C=O) groups is 1. The van der Waals surface area contributed by atoms with Gasteiger partial charge in [0.15, 0.2) is 6.29 Å². The van der Waals surface area contributed by atoms with Gasteiger partial charge in [-0.15, -0.1) is 0 Å². The second kappa shape index (κ2) is 4.90. The Morgan fingerprint density at radius 3 is 2.84 bits per heavy atom. The van der Waals surface area contributed by atoms with Crippen molar-refractivity contribution < 1.29 is 13.9 Å². The fourth-order valence-corrected chi connectivity index (χ4v) is 1.67. The molecule has 0 radical (unpaired) electrons. The molecule has 19 heavy (non-hydrogen) atoms. The number of nitrogens with zero attached hydrogens (tertiary/aromatic N) is 3. The summed E-state index contributed by atoms with van der Waals surface area (Å²) in [5, 5.41) is 12.7. The van der Waals surface area contributed by atoms with E-state index in [1.165, 1.54) is 16.8 Å². The number of nitriles is 1. The lowest BCUT2D eigenvalue weighted by molar-refractivity contribution is 0.112. The van der Waals surface area contributed by atoms with E-state index in [1.807, 2.05) is 0 Å². The molecule has 0 spiro atoms. The van der Waals surface area contributed by atoms with Crippen molar-refractivity contribution in [3.05, 3.63) is 40.8 Å². The molecule has 1 aromatic heterocycles. The van der Waals surface area contributed by atoms with Crippen LogP contribution in [0.3, 0.4) is 0 Å². The van der Waals surface area contributed by atoms with E-state index in [4.69, 9.17) is 10.00 Å². The third-order valence-corrected chi connectivity index (χ3v) is 2.61. The van der Waals surface area contributed by atoms with E-state index in [2.05, 4.69) is 5.10 Å². The molecule has 96 valence electrons. The quantitative estimate of drug-likeness (QED) is 0.793. The third-order valence-electron chi connectivity index (χ3n) is 2.61. The first-order chi connectivity index (χ1) is 9.06. The highest BCUT2D eigenvalue weighted by Crippen LogP contribution is 2.27. The predicted molar refractivity (Wildman–Crippen MR) is 64.5 cm³/mol. The summed E-state index contributed by atoms with van der Waals surface area (Å²) in [6.45, 7) is 1.68. The van der Waals surface area contributed by atoms with Crippen molar-refractivity contribution in [1.82, 2.24) is 9.78 Å². The zero-order valence-corrected chi connectivity index (χ0v) is 10.3. The summed E-state index contributed by atoms with van der Waals surface area (Å²) in [5.41, 5.74) is 0.776. The number of aldehydes is 1. The molecular formula is C13H10FN3O2. The van der Waals surface area contributed by atoms with E-state index in [0.29, 0.717) is 17.5 Å². The average molecular weight is 259 g/mol. The maximum atomic E-state index is 13.4. The monoisotopic (exact) mass is 259 g/mol. The number of carbonyl (C=O) groups excluding carboxylic acids is 1. The molecule has 0 aliphatic carbocycles. The van der Waals surface area contributed by atoms with Crippen LogP contribution in [-0.4, -0.2) is 16.1 Å². The normalized spacial score (nSPS) is 10.0. The highest BCUT2D eigenvalue weighted by atomic mass is 19.1. The van der Waals surface area contributed by atoms with Gasteiger partial charge in [-0.1, -0.05) is 0 Å². The molecule has 5 nitrogen and oxygen atoms in total. The van der Waals surface area contributed by atoms with Gasteiger partial charge >= 0.3 is 0 Å². The van der Waals surface area contributed by atoms with Crippen molar-refractivity contribution in [3.63, 3.8) is 0 Å². The van der Waals surface area contributed by atoms with Gasteiger partial charge in [0.2, 0.25) is 5.88 Å². The van der Waals surface area contributed by atoms with Crippen LogP contribution in [0.1, 0.15) is 21.6 Å². The Hall–Kier alpha value is -2.68. The fourth-order valence-electron chi connectivity index (χ4n) is 1.67. The minimum atomic E-state index is -0.674. The predicted octanol–water partition coefficient (Wildman–Crippen LogP) is 2.34. The van der Waals surface area contributed by atoms with E-state index in [-0.39, 0.29) is 17.2 Å². The van der Waals surface area contributed by atoms with Gasteiger partial charge in [-0.2, -0.15) is 10.4 Å². The lowest BCUT2D eigenvalue weighted by Crippen LogP contribution is -1.97. The van der Waals surface area contributed by atoms with Crippen LogP contribution in [0.5, 0.6) is 11.6 Å². The van der Waals surface area contributed by atoms with E-state index >= 15 is 0 Å². The van der Waals surface area contributed by atoms with Crippen molar-refractivity contribution in [2.75, 3.05) is 0 Å². The molecule has 0 atom stereocenters. The maximum absolute atomic E-state index is 13.4. The van der Waals surface area contributed by atoms with Gasteiger partial charge in [0.1, 0.15) is 17.6 Å². The van der Waals surface area contributed by atoms with Crippen LogP contribution in [0, 0.1) is 24.1 Å². The Balaban J connectivity index is 2.39. The largest absolute Gasteiger partial charge is 0.438 e. The summed E-state index contributed by atoms with van der Waals surface area (Å²) in [4.78, 5) is 11.0. The summed E-state index contributed by atoms with van der Waals surface area (Å²) in [6.07, 6.45) is 0.637. The van der Waals surface area contributed by atoms with E-state index in [9.17, 15) is 9.18 Å². The second-order valence-electron chi connectivity index (χ2n) is 3.90.